The van der Waals surface area contributed by atoms with Crippen molar-refractivity contribution in [2.24, 2.45) is 0 Å². The van der Waals surface area contributed by atoms with Gasteiger partial charge in [0.05, 0.1) is 37.4 Å². The number of hydrazine groups is 2. The molecule has 3 N–H and O–H groups in total. The van der Waals surface area contributed by atoms with Gasteiger partial charge in [-0.15, -0.1) is 5.53 Å². The molecular formula is C25H24Cl2N6O4. The van der Waals surface area contributed by atoms with Crippen LogP contribution in [0.3, 0.4) is 0 Å². The van der Waals surface area contributed by atoms with Crippen molar-refractivity contribution in [2.45, 2.75) is 18.9 Å². The fourth-order valence-corrected chi connectivity index (χ4v) is 4.11. The van der Waals surface area contributed by atoms with Crippen LogP contribution in [0.2, 0.25) is 5.02 Å². The number of esters is 1. The van der Waals surface area contributed by atoms with E-state index in [0.29, 0.717) is 27.1 Å². The normalized spacial score (nSPS) is 13.5. The number of aromatic nitrogens is 2. The smallest absolute Gasteiger partial charge is 0.307 e. The van der Waals surface area contributed by atoms with Crippen molar-refractivity contribution in [3.63, 3.8) is 0 Å². The first-order valence-electron chi connectivity index (χ1n) is 11.3. The van der Waals surface area contributed by atoms with E-state index in [4.69, 9.17) is 23.2 Å². The summed E-state index contributed by atoms with van der Waals surface area (Å²) in [6, 6.07) is 14.9. The van der Waals surface area contributed by atoms with Gasteiger partial charge in [-0.25, -0.2) is 4.98 Å². The maximum absolute atomic E-state index is 13.3. The Hall–Kier alpha value is -3.86. The molecular weight excluding hydrogens is 519 g/mol. The van der Waals surface area contributed by atoms with E-state index < -0.39 is 23.5 Å². The molecule has 12 heteroatoms. The number of anilines is 1. The molecule has 2 heterocycles. The van der Waals surface area contributed by atoms with Crippen LogP contribution in [0.5, 0.6) is 0 Å². The molecule has 37 heavy (non-hydrogen) atoms. The molecule has 1 aliphatic rings. The minimum Gasteiger partial charge on any atom is -0.469 e. The van der Waals surface area contributed by atoms with E-state index in [1.54, 1.807) is 29.4 Å². The van der Waals surface area contributed by atoms with Gasteiger partial charge in [0.15, 0.2) is 0 Å². The molecule has 0 unspecified atom stereocenters. The first-order chi connectivity index (χ1) is 17.9. The molecule has 10 nitrogen and oxygen atoms in total. The summed E-state index contributed by atoms with van der Waals surface area (Å²) in [5, 5.41) is 5.18. The van der Waals surface area contributed by atoms with Gasteiger partial charge in [0.1, 0.15) is 11.2 Å². The zero-order valence-electron chi connectivity index (χ0n) is 19.8. The van der Waals surface area contributed by atoms with Crippen LogP contribution in [-0.4, -0.2) is 35.1 Å². The van der Waals surface area contributed by atoms with Crippen LogP contribution in [0.25, 0.3) is 11.3 Å². The van der Waals surface area contributed by atoms with Crippen LogP contribution in [-0.2, 0) is 20.7 Å². The Morgan fingerprint density at radius 3 is 2.59 bits per heavy atom. The van der Waals surface area contributed by atoms with Crippen LogP contribution in [0, 0.1) is 0 Å². The van der Waals surface area contributed by atoms with Gasteiger partial charge >= 0.3 is 5.97 Å². The lowest BCUT2D eigenvalue weighted by molar-refractivity contribution is -0.140. The number of amides is 1. The van der Waals surface area contributed by atoms with Crippen LogP contribution < -0.4 is 26.8 Å². The van der Waals surface area contributed by atoms with E-state index in [-0.39, 0.29) is 19.4 Å². The summed E-state index contributed by atoms with van der Waals surface area (Å²) < 4.78 is 5.90. The predicted molar refractivity (Wildman–Crippen MR) is 140 cm³/mol. The molecule has 0 saturated carbocycles. The standard InChI is InChI=1S/C25H24Cl2N6O4/c1-37-24(35)9-10-28-25(36)21(11-16-5-3-2-4-6-16)32-15-29-19(13-23(32)34)18-12-17(26)7-8-20(18)33-14-22(27)30-31-33/h2-8,12-15,21,30-31H,9-11H2,1H3,(H,28,36)/t21-/m0/s1. The Morgan fingerprint density at radius 1 is 1.14 bits per heavy atom. The Kier molecular flexibility index (Phi) is 8.44. The molecule has 192 valence electrons. The molecule has 0 spiro atoms. The molecule has 0 fully saturated rings. The van der Waals surface area contributed by atoms with Crippen LogP contribution >= 0.6 is 23.2 Å². The van der Waals surface area contributed by atoms with Gasteiger partial charge in [-0.05, 0) is 23.8 Å². The van der Waals surface area contributed by atoms with Crippen LogP contribution in [0.15, 0.2) is 77.1 Å². The second kappa shape index (κ2) is 11.9. The number of carbonyl (C=O) groups is 2. The lowest BCUT2D eigenvalue weighted by Gasteiger charge is -2.21. The summed E-state index contributed by atoms with van der Waals surface area (Å²) in [5.41, 5.74) is 7.68. The van der Waals surface area contributed by atoms with Gasteiger partial charge in [0.2, 0.25) is 5.91 Å². The van der Waals surface area contributed by atoms with Crippen molar-refractivity contribution in [2.75, 3.05) is 18.7 Å². The number of benzene rings is 2. The summed E-state index contributed by atoms with van der Waals surface area (Å²) in [7, 11) is 1.28. The molecule has 0 bridgehead atoms. The van der Waals surface area contributed by atoms with Gasteiger partial charge in [-0.2, -0.15) is 0 Å². The zero-order chi connectivity index (χ0) is 26.4. The maximum atomic E-state index is 13.3. The second-order valence-corrected chi connectivity index (χ2v) is 8.93. The number of nitrogens with one attached hydrogen (secondary N) is 3. The zero-order valence-corrected chi connectivity index (χ0v) is 21.3. The van der Waals surface area contributed by atoms with E-state index in [2.05, 4.69) is 26.0 Å². The average Bonchev–Trinajstić information content (AvgIpc) is 3.33. The number of nitrogens with zero attached hydrogens (tertiary/aromatic N) is 3. The summed E-state index contributed by atoms with van der Waals surface area (Å²) in [6.07, 6.45) is 3.24. The van der Waals surface area contributed by atoms with Gasteiger partial charge < -0.3 is 10.1 Å². The number of ether oxygens (including phenoxy) is 1. The molecule has 0 aliphatic carbocycles. The van der Waals surface area contributed by atoms with E-state index in [1.807, 2.05) is 30.3 Å². The minimum atomic E-state index is -0.890. The molecule has 3 aromatic rings. The molecule has 1 amide bonds. The molecule has 0 radical (unpaired) electrons. The topological polar surface area (TPSA) is 118 Å². The number of halogens is 2. The van der Waals surface area contributed by atoms with Crippen molar-refractivity contribution in [3.8, 4) is 11.3 Å². The Balaban J connectivity index is 1.66. The molecule has 1 aromatic heterocycles. The predicted octanol–water partition coefficient (Wildman–Crippen LogP) is 2.89. The van der Waals surface area contributed by atoms with Crippen molar-refractivity contribution >= 4 is 40.8 Å². The number of methoxy groups -OCH3 is 1. The highest BCUT2D eigenvalue weighted by Gasteiger charge is 2.24. The first kappa shape index (κ1) is 26.2. The Bertz CT molecular complexity index is 1380. The van der Waals surface area contributed by atoms with Crippen molar-refractivity contribution < 1.29 is 14.3 Å². The van der Waals surface area contributed by atoms with Gasteiger partial charge in [0, 0.05) is 29.6 Å². The number of carbonyl (C=O) groups excluding carboxylic acids is 2. The average molecular weight is 543 g/mol. The highest BCUT2D eigenvalue weighted by Crippen LogP contribution is 2.32. The van der Waals surface area contributed by atoms with Gasteiger partial charge in [0.25, 0.3) is 5.56 Å². The van der Waals surface area contributed by atoms with Gasteiger partial charge in [-0.1, -0.05) is 53.5 Å². The van der Waals surface area contributed by atoms with E-state index >= 15 is 0 Å². The minimum absolute atomic E-state index is 0.0157. The SMILES string of the molecule is COC(=O)CCNC(=O)[C@H](Cc1ccccc1)n1cnc(-c2cc(Cl)ccc2N2C=C(Cl)NN2)cc1=O. The molecule has 0 saturated heterocycles. The maximum Gasteiger partial charge on any atom is 0.307 e. The van der Waals surface area contributed by atoms with Gasteiger partial charge in [-0.3, -0.25) is 29.4 Å². The third kappa shape index (κ3) is 6.48. The monoisotopic (exact) mass is 542 g/mol. The quantitative estimate of drug-likeness (QED) is 0.279. The lowest BCUT2D eigenvalue weighted by Crippen LogP contribution is -2.39. The van der Waals surface area contributed by atoms with Crippen molar-refractivity contribution in [3.05, 3.63) is 93.2 Å². The largest absolute Gasteiger partial charge is 0.469 e. The third-order valence-corrected chi connectivity index (χ3v) is 6.06. The summed E-state index contributed by atoms with van der Waals surface area (Å²) >= 11 is 12.3. The number of hydrogen-bond acceptors (Lipinski definition) is 8. The van der Waals surface area contributed by atoms with E-state index in [1.165, 1.54) is 24.1 Å². The molecule has 4 rings (SSSR count). The first-order valence-corrected chi connectivity index (χ1v) is 12.1. The van der Waals surface area contributed by atoms with Crippen molar-refractivity contribution in [1.29, 1.82) is 0 Å². The van der Waals surface area contributed by atoms with Crippen LogP contribution in [0.1, 0.15) is 18.0 Å². The molecule has 1 atom stereocenters. The van der Waals surface area contributed by atoms with Crippen LogP contribution in [0.4, 0.5) is 5.69 Å². The fourth-order valence-electron chi connectivity index (χ4n) is 3.80. The highest BCUT2D eigenvalue weighted by molar-refractivity contribution is 6.31. The number of rotatable bonds is 9. The van der Waals surface area contributed by atoms with E-state index in [0.717, 1.165) is 5.56 Å². The summed E-state index contributed by atoms with van der Waals surface area (Å²) in [6.45, 7) is 0.0792. The fraction of sp³-hybridized carbons (Fsp3) is 0.200. The summed E-state index contributed by atoms with van der Waals surface area (Å²) in [5.74, 6) is -0.862. The molecule has 1 aliphatic heterocycles. The number of hydrogen-bond donors (Lipinski definition) is 3. The Labute approximate surface area is 222 Å². The van der Waals surface area contributed by atoms with E-state index in [9.17, 15) is 14.4 Å². The third-order valence-electron chi connectivity index (χ3n) is 5.63. The second-order valence-electron chi connectivity index (χ2n) is 8.09. The summed E-state index contributed by atoms with van der Waals surface area (Å²) in [4.78, 5) is 42.4. The lowest BCUT2D eigenvalue weighted by atomic mass is 10.0. The highest BCUT2D eigenvalue weighted by atomic mass is 35.5. The molecule has 2 aromatic carbocycles. The Morgan fingerprint density at radius 2 is 1.92 bits per heavy atom. The van der Waals surface area contributed by atoms with Crippen molar-refractivity contribution in [1.82, 2.24) is 25.8 Å².